The maximum absolute atomic E-state index is 5.60. The molecule has 13 heavy (non-hydrogen) atoms. The van der Waals surface area contributed by atoms with E-state index < -0.39 is 0 Å². The molecule has 0 aliphatic carbocycles. The first-order valence-corrected chi connectivity index (χ1v) is 4.30. The van der Waals surface area contributed by atoms with Gasteiger partial charge in [0.05, 0.1) is 5.52 Å². The van der Waals surface area contributed by atoms with Crippen molar-refractivity contribution in [2.75, 3.05) is 5.73 Å². The van der Waals surface area contributed by atoms with Crippen molar-refractivity contribution in [1.82, 2.24) is 4.98 Å². The second-order valence-corrected chi connectivity index (χ2v) is 3.37. The zero-order chi connectivity index (χ0) is 9.42. The summed E-state index contributed by atoms with van der Waals surface area (Å²) in [6.45, 7) is 4.19. The number of nitrogen functional groups attached to an aromatic ring is 1. The second-order valence-electron chi connectivity index (χ2n) is 3.37. The fourth-order valence-corrected chi connectivity index (χ4v) is 1.41. The van der Waals surface area contributed by atoms with Gasteiger partial charge in [0, 0.05) is 5.39 Å². The Labute approximate surface area is 77.4 Å². The van der Waals surface area contributed by atoms with Gasteiger partial charge in [-0.2, -0.15) is 0 Å². The van der Waals surface area contributed by atoms with Crippen molar-refractivity contribution in [3.05, 3.63) is 35.4 Å². The highest BCUT2D eigenvalue weighted by Crippen LogP contribution is 2.18. The zero-order valence-electron chi connectivity index (χ0n) is 7.83. The average molecular weight is 172 g/mol. The van der Waals surface area contributed by atoms with Crippen molar-refractivity contribution in [1.29, 1.82) is 0 Å². The van der Waals surface area contributed by atoms with Crippen LogP contribution in [0.4, 0.5) is 5.82 Å². The Morgan fingerprint density at radius 3 is 2.54 bits per heavy atom. The Kier molecular flexibility index (Phi) is 1.69. The van der Waals surface area contributed by atoms with Crippen LogP contribution in [0.5, 0.6) is 0 Å². The molecule has 0 fully saturated rings. The topological polar surface area (TPSA) is 38.9 Å². The molecule has 2 nitrogen and oxygen atoms in total. The molecule has 0 amide bonds. The van der Waals surface area contributed by atoms with Crippen LogP contribution in [0.3, 0.4) is 0 Å². The van der Waals surface area contributed by atoms with Gasteiger partial charge in [-0.25, -0.2) is 4.98 Å². The molecule has 2 rings (SSSR count). The number of aromatic nitrogens is 1. The number of pyridine rings is 1. The molecule has 0 bridgehead atoms. The van der Waals surface area contributed by atoms with Crippen molar-refractivity contribution >= 4 is 16.7 Å². The van der Waals surface area contributed by atoms with Crippen LogP contribution in [0.1, 0.15) is 11.1 Å². The predicted molar refractivity (Wildman–Crippen MR) is 55.6 cm³/mol. The molecule has 2 N–H and O–H groups in total. The molecule has 2 heteroatoms. The number of hydrogen-bond acceptors (Lipinski definition) is 2. The second kappa shape index (κ2) is 2.73. The van der Waals surface area contributed by atoms with Gasteiger partial charge in [-0.1, -0.05) is 0 Å². The predicted octanol–water partition coefficient (Wildman–Crippen LogP) is 2.43. The van der Waals surface area contributed by atoms with E-state index >= 15 is 0 Å². The fourth-order valence-electron chi connectivity index (χ4n) is 1.41. The molecule has 0 saturated heterocycles. The van der Waals surface area contributed by atoms with Crippen molar-refractivity contribution < 1.29 is 0 Å². The van der Waals surface area contributed by atoms with Crippen LogP contribution in [0.15, 0.2) is 24.3 Å². The molecule has 1 aromatic carbocycles. The van der Waals surface area contributed by atoms with Crippen molar-refractivity contribution in [3.63, 3.8) is 0 Å². The van der Waals surface area contributed by atoms with Gasteiger partial charge in [-0.15, -0.1) is 0 Å². The number of hydrogen-bond donors (Lipinski definition) is 1. The number of aryl methyl sites for hydroxylation is 2. The molecule has 0 spiro atoms. The normalized spacial score (nSPS) is 10.6. The number of benzene rings is 1. The number of rotatable bonds is 0. The van der Waals surface area contributed by atoms with E-state index in [-0.39, 0.29) is 0 Å². The Bertz CT molecular complexity index is 461. The van der Waals surface area contributed by atoms with Crippen LogP contribution in [0, 0.1) is 13.8 Å². The van der Waals surface area contributed by atoms with Gasteiger partial charge in [-0.05, 0) is 49.2 Å². The van der Waals surface area contributed by atoms with E-state index in [0.29, 0.717) is 5.82 Å². The minimum absolute atomic E-state index is 0.579. The Hall–Kier alpha value is -1.57. The van der Waals surface area contributed by atoms with E-state index in [9.17, 15) is 0 Å². The standard InChI is InChI=1S/C11H12N2/c1-7-5-9-3-4-11(12)13-10(9)6-8(7)2/h3-6H,1-2H3,(H2,12,13). The summed E-state index contributed by atoms with van der Waals surface area (Å²) in [6, 6.07) is 8.04. The molecule has 66 valence electrons. The highest BCUT2D eigenvalue weighted by atomic mass is 14.8. The first kappa shape index (κ1) is 8.05. The van der Waals surface area contributed by atoms with Gasteiger partial charge in [0.1, 0.15) is 5.82 Å². The molecular weight excluding hydrogens is 160 g/mol. The SMILES string of the molecule is Cc1cc2ccc(N)nc2cc1C. The highest BCUT2D eigenvalue weighted by Gasteiger charge is 1.98. The summed E-state index contributed by atoms with van der Waals surface area (Å²) in [5.74, 6) is 0.579. The van der Waals surface area contributed by atoms with E-state index in [0.717, 1.165) is 10.9 Å². The lowest BCUT2D eigenvalue weighted by molar-refractivity contribution is 1.33. The molecular formula is C11H12N2. The van der Waals surface area contributed by atoms with E-state index in [2.05, 4.69) is 31.0 Å². The molecule has 0 atom stereocenters. The van der Waals surface area contributed by atoms with E-state index in [1.54, 1.807) is 0 Å². The highest BCUT2D eigenvalue weighted by molar-refractivity contribution is 5.81. The summed E-state index contributed by atoms with van der Waals surface area (Å²) in [5, 5.41) is 1.15. The largest absolute Gasteiger partial charge is 0.384 e. The van der Waals surface area contributed by atoms with E-state index in [4.69, 9.17) is 5.73 Å². The van der Waals surface area contributed by atoms with Crippen molar-refractivity contribution in [3.8, 4) is 0 Å². The first-order valence-electron chi connectivity index (χ1n) is 4.30. The summed E-state index contributed by atoms with van der Waals surface area (Å²) in [7, 11) is 0. The summed E-state index contributed by atoms with van der Waals surface area (Å²) < 4.78 is 0. The molecule has 1 heterocycles. The summed E-state index contributed by atoms with van der Waals surface area (Å²) in [6.07, 6.45) is 0. The third-order valence-electron chi connectivity index (χ3n) is 2.33. The average Bonchev–Trinajstić information content (AvgIpc) is 2.08. The summed E-state index contributed by atoms with van der Waals surface area (Å²) in [5.41, 5.74) is 9.12. The zero-order valence-corrected chi connectivity index (χ0v) is 7.83. The van der Waals surface area contributed by atoms with Crippen LogP contribution in [-0.2, 0) is 0 Å². The van der Waals surface area contributed by atoms with Gasteiger partial charge in [-0.3, -0.25) is 0 Å². The Morgan fingerprint density at radius 2 is 1.77 bits per heavy atom. The maximum Gasteiger partial charge on any atom is 0.124 e. The monoisotopic (exact) mass is 172 g/mol. The molecule has 2 aromatic rings. The van der Waals surface area contributed by atoms with Crippen LogP contribution >= 0.6 is 0 Å². The molecule has 0 aliphatic rings. The lowest BCUT2D eigenvalue weighted by Gasteiger charge is -2.03. The Morgan fingerprint density at radius 1 is 1.08 bits per heavy atom. The molecule has 0 unspecified atom stereocenters. The third-order valence-corrected chi connectivity index (χ3v) is 2.33. The summed E-state index contributed by atoms with van der Waals surface area (Å²) in [4.78, 5) is 4.26. The van der Waals surface area contributed by atoms with Crippen molar-refractivity contribution in [2.45, 2.75) is 13.8 Å². The lowest BCUT2D eigenvalue weighted by Crippen LogP contribution is -1.91. The van der Waals surface area contributed by atoms with Crippen LogP contribution in [-0.4, -0.2) is 4.98 Å². The lowest BCUT2D eigenvalue weighted by atomic mass is 10.1. The van der Waals surface area contributed by atoms with Gasteiger partial charge in [0.15, 0.2) is 0 Å². The summed E-state index contributed by atoms with van der Waals surface area (Å²) >= 11 is 0. The molecule has 0 saturated carbocycles. The van der Waals surface area contributed by atoms with Gasteiger partial charge < -0.3 is 5.73 Å². The van der Waals surface area contributed by atoms with Crippen LogP contribution in [0.25, 0.3) is 10.9 Å². The molecule has 0 aliphatic heterocycles. The number of nitrogens with zero attached hydrogens (tertiary/aromatic N) is 1. The van der Waals surface area contributed by atoms with Gasteiger partial charge >= 0.3 is 0 Å². The number of fused-ring (bicyclic) bond motifs is 1. The Balaban J connectivity index is 2.81. The van der Waals surface area contributed by atoms with Crippen molar-refractivity contribution in [2.24, 2.45) is 0 Å². The van der Waals surface area contributed by atoms with Gasteiger partial charge in [0.25, 0.3) is 0 Å². The van der Waals surface area contributed by atoms with Crippen LogP contribution in [0.2, 0.25) is 0 Å². The van der Waals surface area contributed by atoms with Crippen LogP contribution < -0.4 is 5.73 Å². The minimum Gasteiger partial charge on any atom is -0.384 e. The quantitative estimate of drug-likeness (QED) is 0.662. The fraction of sp³-hybridized carbons (Fsp3) is 0.182. The number of anilines is 1. The van der Waals surface area contributed by atoms with E-state index in [1.165, 1.54) is 11.1 Å². The maximum atomic E-state index is 5.60. The van der Waals surface area contributed by atoms with Gasteiger partial charge in [0.2, 0.25) is 0 Å². The minimum atomic E-state index is 0.579. The smallest absolute Gasteiger partial charge is 0.124 e. The first-order chi connectivity index (χ1) is 6.16. The van der Waals surface area contributed by atoms with E-state index in [1.807, 2.05) is 12.1 Å². The number of nitrogens with two attached hydrogens (primary N) is 1. The molecule has 0 radical (unpaired) electrons. The third kappa shape index (κ3) is 1.35. The molecule has 1 aromatic heterocycles.